The maximum absolute atomic E-state index is 13.0. The fourth-order valence-electron chi connectivity index (χ4n) is 3.76. The van der Waals surface area contributed by atoms with Gasteiger partial charge in [-0.25, -0.2) is 22.9 Å². The molecule has 35 heavy (non-hydrogen) atoms. The molecule has 0 aromatic carbocycles. The number of nitrogens with zero attached hydrogens (tertiary/aromatic N) is 6. The van der Waals surface area contributed by atoms with Crippen molar-refractivity contribution >= 4 is 49.8 Å². The Bertz CT molecular complexity index is 1390. The SMILES string of the molecule is Cn1nnnc1S(=O)(=O)c1sc(NC(=O)Nc2cnccc2C(=O)C2CCCC2)nc1CC(=O)O. The van der Waals surface area contributed by atoms with Gasteiger partial charge in [-0.3, -0.25) is 19.9 Å². The minimum Gasteiger partial charge on any atom is -0.481 e. The molecule has 0 radical (unpaired) electrons. The number of carbonyl (C=O) groups is 3. The summed E-state index contributed by atoms with van der Waals surface area (Å²) in [6.07, 6.45) is 5.63. The van der Waals surface area contributed by atoms with E-state index in [1.165, 1.54) is 25.5 Å². The number of carbonyl (C=O) groups excluding carboxylic acids is 2. The summed E-state index contributed by atoms with van der Waals surface area (Å²) < 4.78 is 26.5. The van der Waals surface area contributed by atoms with Crippen molar-refractivity contribution in [3.05, 3.63) is 29.7 Å². The quantitative estimate of drug-likeness (QED) is 0.364. The molecule has 1 fully saturated rings. The van der Waals surface area contributed by atoms with E-state index in [9.17, 15) is 27.9 Å². The van der Waals surface area contributed by atoms with Crippen LogP contribution in [0.2, 0.25) is 0 Å². The number of carboxylic acids is 1. The summed E-state index contributed by atoms with van der Waals surface area (Å²) in [5.41, 5.74) is 0.243. The molecule has 3 aromatic rings. The Morgan fingerprint density at radius 2 is 1.97 bits per heavy atom. The molecule has 1 aliphatic rings. The van der Waals surface area contributed by atoms with Gasteiger partial charge in [0.1, 0.15) is 0 Å². The molecular formula is C19H20N8O6S2. The van der Waals surface area contributed by atoms with E-state index < -0.39 is 37.6 Å². The molecule has 2 amide bonds. The van der Waals surface area contributed by atoms with Crippen LogP contribution in [-0.4, -0.2) is 61.5 Å². The fraction of sp³-hybridized carbons (Fsp3) is 0.368. The molecule has 1 aliphatic carbocycles. The molecule has 0 bridgehead atoms. The number of anilines is 2. The van der Waals surface area contributed by atoms with Crippen LogP contribution < -0.4 is 10.6 Å². The average Bonchev–Trinajstić information content (AvgIpc) is 3.55. The van der Waals surface area contributed by atoms with Crippen LogP contribution in [0.3, 0.4) is 0 Å². The number of sulfone groups is 1. The third-order valence-electron chi connectivity index (χ3n) is 5.33. The van der Waals surface area contributed by atoms with Crippen LogP contribution in [0.4, 0.5) is 15.6 Å². The highest BCUT2D eigenvalue weighted by molar-refractivity contribution is 7.93. The van der Waals surface area contributed by atoms with E-state index in [0.29, 0.717) is 16.9 Å². The monoisotopic (exact) mass is 520 g/mol. The number of pyridine rings is 1. The summed E-state index contributed by atoms with van der Waals surface area (Å²) in [7, 11) is -3.00. The highest BCUT2D eigenvalue weighted by Crippen LogP contribution is 2.33. The van der Waals surface area contributed by atoms with Crippen LogP contribution in [0, 0.1) is 5.92 Å². The number of ketones is 1. The molecule has 3 aromatic heterocycles. The maximum atomic E-state index is 13.0. The molecular weight excluding hydrogens is 500 g/mol. The lowest BCUT2D eigenvalue weighted by atomic mass is 9.96. The summed E-state index contributed by atoms with van der Waals surface area (Å²) >= 11 is 0.559. The van der Waals surface area contributed by atoms with E-state index in [4.69, 9.17) is 0 Å². The summed E-state index contributed by atoms with van der Waals surface area (Å²) in [5, 5.41) is 23.7. The van der Waals surface area contributed by atoms with Gasteiger partial charge in [0, 0.05) is 24.7 Å². The third-order valence-corrected chi connectivity index (χ3v) is 8.59. The van der Waals surface area contributed by atoms with Crippen molar-refractivity contribution in [2.75, 3.05) is 10.6 Å². The smallest absolute Gasteiger partial charge is 0.325 e. The number of aromatic nitrogens is 6. The molecule has 14 nitrogen and oxygen atoms in total. The number of aliphatic carboxylic acids is 1. The summed E-state index contributed by atoms with van der Waals surface area (Å²) in [6.45, 7) is 0. The van der Waals surface area contributed by atoms with Gasteiger partial charge in [0.15, 0.2) is 15.1 Å². The number of nitrogens with one attached hydrogen (secondary N) is 2. The fourth-order valence-corrected chi connectivity index (χ4v) is 6.49. The van der Waals surface area contributed by atoms with Crippen molar-refractivity contribution < 1.29 is 27.9 Å². The van der Waals surface area contributed by atoms with Crippen LogP contribution in [0.1, 0.15) is 41.7 Å². The largest absolute Gasteiger partial charge is 0.481 e. The Morgan fingerprint density at radius 1 is 1.23 bits per heavy atom. The van der Waals surface area contributed by atoms with Gasteiger partial charge < -0.3 is 10.4 Å². The van der Waals surface area contributed by atoms with Crippen molar-refractivity contribution in [3.63, 3.8) is 0 Å². The Balaban J connectivity index is 1.57. The molecule has 0 spiro atoms. The minimum atomic E-state index is -4.31. The first-order valence-corrected chi connectivity index (χ1v) is 12.7. The average molecular weight is 521 g/mol. The Hall–Kier alpha value is -3.79. The predicted molar refractivity (Wildman–Crippen MR) is 121 cm³/mol. The van der Waals surface area contributed by atoms with Gasteiger partial charge in [-0.05, 0) is 29.3 Å². The Labute approximate surface area is 202 Å². The standard InChI is InChI=1S/C19H20N8O6S2/c1-27-19(24-25-26-27)35(32,33)16-12(8-14(28)29)22-18(34-16)23-17(31)21-13-9-20-7-6-11(13)15(30)10-4-2-3-5-10/h6-7,9-10H,2-5,8H2,1H3,(H,28,29)(H2,21,22,23,31). The molecule has 0 atom stereocenters. The van der Waals surface area contributed by atoms with E-state index in [1.807, 2.05) is 0 Å². The van der Waals surface area contributed by atoms with E-state index in [-0.39, 0.29) is 28.2 Å². The van der Waals surface area contributed by atoms with Crippen LogP contribution in [-0.2, 0) is 28.1 Å². The molecule has 0 saturated heterocycles. The number of hydrogen-bond acceptors (Lipinski definition) is 11. The second-order valence-corrected chi connectivity index (χ2v) is 10.8. The highest BCUT2D eigenvalue weighted by Gasteiger charge is 2.32. The topological polar surface area (TPSA) is 199 Å². The predicted octanol–water partition coefficient (Wildman–Crippen LogP) is 1.54. The first-order chi connectivity index (χ1) is 16.7. The van der Waals surface area contributed by atoms with Gasteiger partial charge in [-0.15, -0.1) is 0 Å². The zero-order chi connectivity index (χ0) is 25.2. The first kappa shape index (κ1) is 24.3. The van der Waals surface area contributed by atoms with Gasteiger partial charge >= 0.3 is 12.0 Å². The van der Waals surface area contributed by atoms with Crippen molar-refractivity contribution in [2.24, 2.45) is 13.0 Å². The summed E-state index contributed by atoms with van der Waals surface area (Å²) in [5.74, 6) is -1.51. The number of tetrazole rings is 1. The highest BCUT2D eigenvalue weighted by atomic mass is 32.2. The molecule has 16 heteroatoms. The van der Waals surface area contributed by atoms with Crippen molar-refractivity contribution in [2.45, 2.75) is 41.5 Å². The van der Waals surface area contributed by atoms with E-state index in [1.54, 1.807) is 0 Å². The zero-order valence-corrected chi connectivity index (χ0v) is 20.0. The summed E-state index contributed by atoms with van der Waals surface area (Å²) in [4.78, 5) is 44.7. The number of urea groups is 1. The lowest BCUT2D eigenvalue weighted by Crippen LogP contribution is -2.22. The zero-order valence-electron chi connectivity index (χ0n) is 18.3. The third kappa shape index (κ3) is 5.17. The van der Waals surface area contributed by atoms with Gasteiger partial charge in [0.05, 0.1) is 24.0 Å². The van der Waals surface area contributed by atoms with Crippen LogP contribution in [0.5, 0.6) is 0 Å². The first-order valence-electron chi connectivity index (χ1n) is 10.4. The van der Waals surface area contributed by atoms with E-state index >= 15 is 0 Å². The number of hydrogen-bond donors (Lipinski definition) is 3. The second kappa shape index (κ2) is 9.83. The van der Waals surface area contributed by atoms with Crippen LogP contribution in [0.15, 0.2) is 27.8 Å². The van der Waals surface area contributed by atoms with Gasteiger partial charge in [0.25, 0.3) is 15.0 Å². The Kier molecular flexibility index (Phi) is 6.83. The van der Waals surface area contributed by atoms with Crippen LogP contribution >= 0.6 is 11.3 Å². The number of aryl methyl sites for hydroxylation is 1. The van der Waals surface area contributed by atoms with Crippen LogP contribution in [0.25, 0.3) is 0 Å². The van der Waals surface area contributed by atoms with Crippen molar-refractivity contribution in [1.29, 1.82) is 0 Å². The van der Waals surface area contributed by atoms with Crippen molar-refractivity contribution in [1.82, 2.24) is 30.2 Å². The lowest BCUT2D eigenvalue weighted by Gasteiger charge is -2.13. The number of carboxylic acid groups (broad SMARTS) is 1. The normalized spacial score (nSPS) is 14.1. The van der Waals surface area contributed by atoms with E-state index in [0.717, 1.165) is 30.4 Å². The van der Waals surface area contributed by atoms with Gasteiger partial charge in [0.2, 0.25) is 0 Å². The molecule has 3 N–H and O–H groups in total. The lowest BCUT2D eigenvalue weighted by molar-refractivity contribution is -0.136. The molecule has 1 saturated carbocycles. The minimum absolute atomic E-state index is 0.0798. The summed E-state index contributed by atoms with van der Waals surface area (Å²) in [6, 6.07) is 0.725. The molecule has 184 valence electrons. The molecule has 0 unspecified atom stereocenters. The second-order valence-electron chi connectivity index (χ2n) is 7.76. The molecule has 3 heterocycles. The van der Waals surface area contributed by atoms with Gasteiger partial charge in [-0.2, -0.15) is 0 Å². The van der Waals surface area contributed by atoms with Gasteiger partial charge in [-0.1, -0.05) is 29.3 Å². The number of amides is 2. The Morgan fingerprint density at radius 3 is 2.63 bits per heavy atom. The molecule has 4 rings (SSSR count). The number of rotatable bonds is 8. The molecule has 0 aliphatic heterocycles. The van der Waals surface area contributed by atoms with E-state index in [2.05, 4.69) is 36.1 Å². The number of Topliss-reactive ketones (excluding diaryl/α,β-unsaturated/α-hetero) is 1. The maximum Gasteiger partial charge on any atom is 0.325 e. The number of thiazole rings is 1. The van der Waals surface area contributed by atoms with Crippen molar-refractivity contribution in [3.8, 4) is 0 Å².